The van der Waals surface area contributed by atoms with E-state index in [9.17, 15) is 46.3 Å². The first-order chi connectivity index (χ1) is 57.9. The number of H-pyrrole nitrogens is 1. The number of halogens is 8. The van der Waals surface area contributed by atoms with Gasteiger partial charge in [-0.2, -0.15) is 0 Å². The van der Waals surface area contributed by atoms with E-state index in [-0.39, 0.29) is 150 Å². The molecule has 2 aromatic carbocycles. The maximum atomic E-state index is 14.0. The lowest BCUT2D eigenvalue weighted by Crippen LogP contribution is -2.41. The minimum absolute atomic E-state index is 0.00440. The third-order valence-corrected chi connectivity index (χ3v) is 21.6. The first-order valence-corrected chi connectivity index (χ1v) is 41.5. The number of aromatic amines is 1. The molecular weight excluding hydrogens is 1820 g/mol. The summed E-state index contributed by atoms with van der Waals surface area (Å²) in [4.78, 5) is 97.9. The molecule has 123 heavy (non-hydrogen) atoms. The summed E-state index contributed by atoms with van der Waals surface area (Å²) in [6.45, 7) is 27.8. The van der Waals surface area contributed by atoms with Crippen molar-refractivity contribution >= 4 is 109 Å². The molecule has 0 bridgehead atoms. The minimum Gasteiger partial charge on any atom is -0.443 e. The molecule has 660 valence electrons. The molecule has 0 radical (unpaired) electrons. The van der Waals surface area contributed by atoms with Crippen molar-refractivity contribution in [2.75, 3.05) is 71.7 Å². The lowest BCUT2D eigenvalue weighted by Gasteiger charge is -2.32. The zero-order valence-electron chi connectivity index (χ0n) is 71.0. The largest absolute Gasteiger partial charge is 0.496 e. The molecule has 3 saturated heterocycles. The number of anilines is 2. The number of carbonyl (C=O) groups is 2. The molecule has 8 aromatic heterocycles. The second-order valence-electron chi connectivity index (χ2n) is 30.4. The third-order valence-electron chi connectivity index (χ3n) is 20.1. The predicted molar refractivity (Wildman–Crippen MR) is 470 cm³/mol. The van der Waals surface area contributed by atoms with Crippen molar-refractivity contribution in [1.29, 1.82) is 0 Å². The number of nitrogens with zero attached hydrogens (tertiary/aromatic N) is 9. The number of aromatic nitrogens is 10. The topological polar surface area (TPSA) is 381 Å². The zero-order valence-corrected chi connectivity index (χ0v) is 76.5. The van der Waals surface area contributed by atoms with Crippen molar-refractivity contribution in [3.8, 4) is 34.4 Å². The summed E-state index contributed by atoms with van der Waals surface area (Å²) >= 11 is 15.7. The Morgan fingerprint density at radius 3 is 1.28 bits per heavy atom. The minimum atomic E-state index is -0.741. The van der Waals surface area contributed by atoms with Crippen LogP contribution in [0.4, 0.5) is 29.2 Å². The van der Waals surface area contributed by atoms with E-state index >= 15 is 0 Å². The summed E-state index contributed by atoms with van der Waals surface area (Å²) in [7, 11) is 5.03. The van der Waals surface area contributed by atoms with E-state index in [4.69, 9.17) is 74.0 Å². The molecule has 5 N–H and O–H groups in total. The highest BCUT2D eigenvalue weighted by atomic mass is 79.9. The Bertz CT molecular complexity index is 5280. The van der Waals surface area contributed by atoms with Gasteiger partial charge in [-0.25, -0.2) is 47.5 Å². The molecular formula is C82H99B3Br3ClF4N12O18. The summed E-state index contributed by atoms with van der Waals surface area (Å²) in [6, 6.07) is 19.6. The Kier molecular flexibility index (Phi) is 37.6. The standard InChI is InChI=1S/C24H21F2N5O4.C16H11ClF2N4O2.C14H22BNO4.C12H24B2O4.C8H10BrNO2.C5H4BrNO.C3H7BrO/c1-34-12-10-31-13-14(5-8-19(31)33)20-22(24-28-9-11-35-24)30-23(27)21(29-20)18(32)7-6-15-16(25)3-2-4-17(15)26;17-14-13(16-21-6-7-25-16)23-15(20)12(22-14)11(24)5-4-8-9(18)2-1-3-10(8)19;1-13(2)14(3,4)20-15(19-13)11-6-7-12(17)16(10-11)8-9-18-5;1-9(2)10(3,4)16-13(15-9)14-17-11(5,6)12(7,8)18-14;1-12-5-4-10-6-7(9)2-3-8(10)11;6-4-1-2-5(8)7-3-4;1-5-3-2-4/h2-5,8-9,11,13H,6-7,10,12H2,1H3,(H2,27,30);1-3,6-7H,4-5H2,(H2,20,23);6-7,10H,8-9H2,1-5H3;1-8H3;2-3,6H,4-5H2,1H3;1-3H,(H,7,8);2-3H2,1H3. The Morgan fingerprint density at radius 2 is 0.878 bits per heavy atom. The molecule has 3 aliphatic heterocycles. The van der Waals surface area contributed by atoms with Crippen LogP contribution in [0.5, 0.6) is 0 Å². The second-order valence-corrected chi connectivity index (χ2v) is 33.3. The van der Waals surface area contributed by atoms with Gasteiger partial charge in [-0.3, -0.25) is 28.8 Å². The van der Waals surface area contributed by atoms with Crippen LogP contribution < -0.4 is 39.2 Å². The van der Waals surface area contributed by atoms with Gasteiger partial charge in [-0.15, -0.1) is 0 Å². The second kappa shape index (κ2) is 45.8. The summed E-state index contributed by atoms with van der Waals surface area (Å²) in [5, 5.41) is 0.820. The Hall–Kier alpha value is -9.00. The van der Waals surface area contributed by atoms with Crippen LogP contribution in [0.3, 0.4) is 0 Å². The summed E-state index contributed by atoms with van der Waals surface area (Å²) < 4.78 is 127. The molecule has 0 amide bonds. The number of benzene rings is 2. The molecule has 13 rings (SSSR count). The number of alkyl halides is 1. The number of oxazole rings is 2. The number of ether oxygens (including phenoxy) is 4. The van der Waals surface area contributed by atoms with Crippen LogP contribution in [0.1, 0.15) is 128 Å². The molecule has 30 nitrogen and oxygen atoms in total. The monoisotopic (exact) mass is 1920 g/mol. The lowest BCUT2D eigenvalue weighted by molar-refractivity contribution is 0.00578. The van der Waals surface area contributed by atoms with Crippen molar-refractivity contribution in [3.05, 3.63) is 236 Å². The predicted octanol–water partition coefficient (Wildman–Crippen LogP) is 13.2. The molecule has 3 aliphatic rings. The number of ketones is 2. The number of nitrogens with one attached hydrogen (secondary N) is 1. The average Bonchev–Trinajstić information content (AvgIpc) is 1.61. The van der Waals surface area contributed by atoms with Crippen molar-refractivity contribution in [2.24, 2.45) is 0 Å². The summed E-state index contributed by atoms with van der Waals surface area (Å²) in [5.41, 5.74) is 10.3. The number of nitrogen functional groups attached to an aromatic ring is 2. The van der Waals surface area contributed by atoms with Crippen LogP contribution >= 0.6 is 59.4 Å². The van der Waals surface area contributed by atoms with E-state index < -0.39 is 56.0 Å². The van der Waals surface area contributed by atoms with Crippen LogP contribution in [0.15, 0.2) is 172 Å². The van der Waals surface area contributed by atoms with E-state index in [2.05, 4.69) is 87.4 Å². The fourth-order valence-electron chi connectivity index (χ4n) is 11.1. The van der Waals surface area contributed by atoms with Crippen molar-refractivity contribution in [2.45, 2.75) is 162 Å². The van der Waals surface area contributed by atoms with Gasteiger partial charge in [0.2, 0.25) is 17.3 Å². The molecule has 10 aromatic rings. The van der Waals surface area contributed by atoms with Gasteiger partial charge in [0.15, 0.2) is 39.7 Å². The first kappa shape index (κ1) is 101. The van der Waals surface area contributed by atoms with Gasteiger partial charge in [0.25, 0.3) is 16.7 Å². The van der Waals surface area contributed by atoms with Crippen molar-refractivity contribution < 1.29 is 82.9 Å². The number of Topliss-reactive ketones (excluding diaryl/α,β-unsaturated/α-hetero) is 2. The van der Waals surface area contributed by atoms with Crippen LogP contribution in [0.2, 0.25) is 5.15 Å². The van der Waals surface area contributed by atoms with Gasteiger partial charge in [0.1, 0.15) is 52.9 Å². The maximum Gasteiger partial charge on any atom is 0.496 e. The van der Waals surface area contributed by atoms with E-state index in [0.29, 0.717) is 45.0 Å². The highest BCUT2D eigenvalue weighted by Gasteiger charge is 2.64. The Morgan fingerprint density at radius 1 is 0.488 bits per heavy atom. The fourth-order valence-corrected chi connectivity index (χ4v) is 12.3. The average molecular weight is 1920 g/mol. The Labute approximate surface area is 740 Å². The van der Waals surface area contributed by atoms with E-state index in [0.717, 1.165) is 50.6 Å². The molecule has 0 aliphatic carbocycles. The smallest absolute Gasteiger partial charge is 0.443 e. The van der Waals surface area contributed by atoms with Gasteiger partial charge < -0.3 is 85.9 Å². The fraction of sp³-hybridized carbons (Fsp3) is 0.415. The quantitative estimate of drug-likeness (QED) is 0.0219. The maximum absolute atomic E-state index is 14.0. The first-order valence-electron chi connectivity index (χ1n) is 38.4. The third kappa shape index (κ3) is 28.0. The molecule has 0 atom stereocenters. The van der Waals surface area contributed by atoms with Gasteiger partial charge >= 0.3 is 21.1 Å². The molecule has 0 unspecified atom stereocenters. The van der Waals surface area contributed by atoms with Crippen LogP contribution in [0.25, 0.3) is 34.4 Å². The number of hydrogen-bond acceptors (Lipinski definition) is 26. The normalized spacial score (nSPS) is 15.3. The Balaban J connectivity index is 0.000000210. The summed E-state index contributed by atoms with van der Waals surface area (Å²) in [6.07, 6.45) is 11.4. The van der Waals surface area contributed by atoms with Gasteiger partial charge in [0.05, 0.1) is 72.4 Å². The lowest BCUT2D eigenvalue weighted by atomic mass is 9.49. The highest BCUT2D eigenvalue weighted by molar-refractivity contribution is 9.10. The number of methoxy groups -OCH3 is 4. The molecule has 11 heterocycles. The molecule has 41 heteroatoms. The van der Waals surface area contributed by atoms with Gasteiger partial charge in [-0.05, 0) is 176 Å². The SMILES string of the molecule is CC1(C)OB(B2OC(C)(C)C(C)(C)O2)OC1(C)C.COCCBr.COCCn1cc(-c2nc(C(=O)CCc3c(F)cccc3F)c(N)nc2-c2ncco2)ccc1=O.COCCn1cc(B2OC(C)(C)C(C)(C)O2)ccc1=O.COCCn1cc(Br)ccc1=O.Nc1nc(-c2ncco2)c(Cl)nc1C(=O)CCc1c(F)cccc1F.O=c1ccc(Br)c[nH]1. The number of carbonyl (C=O) groups excluding carboxylic acids is 2. The molecule has 0 saturated carbocycles. The van der Waals surface area contributed by atoms with E-state index in [1.165, 1.54) is 79.1 Å². The van der Waals surface area contributed by atoms with Gasteiger partial charge in [-0.1, -0.05) is 45.7 Å². The molecule has 3 fully saturated rings. The molecule has 0 spiro atoms. The number of nitrogens with two attached hydrogens (primary N) is 2. The van der Waals surface area contributed by atoms with E-state index in [1.807, 2.05) is 83.1 Å². The highest BCUT2D eigenvalue weighted by Crippen LogP contribution is 2.44. The number of pyridine rings is 4. The van der Waals surface area contributed by atoms with Crippen molar-refractivity contribution in [1.82, 2.24) is 48.6 Å². The van der Waals surface area contributed by atoms with Crippen LogP contribution in [-0.2, 0) is 79.3 Å². The summed E-state index contributed by atoms with van der Waals surface area (Å²) in [5.74, 6) is -4.14. The number of rotatable bonds is 24. The zero-order chi connectivity index (χ0) is 91.0. The van der Waals surface area contributed by atoms with E-state index in [1.54, 1.807) is 73.5 Å². The van der Waals surface area contributed by atoms with Crippen LogP contribution in [-0.4, -0.2) is 175 Å². The van der Waals surface area contributed by atoms with Crippen molar-refractivity contribution in [3.63, 3.8) is 0 Å². The van der Waals surface area contributed by atoms with Crippen LogP contribution in [0, 0.1) is 23.3 Å². The van der Waals surface area contributed by atoms with Gasteiger partial charge in [0, 0.05) is 141 Å². The number of hydrogen-bond donors (Lipinski definition) is 3.